The molecule has 0 saturated carbocycles. The van der Waals surface area contributed by atoms with Gasteiger partial charge in [-0.25, -0.2) is 4.79 Å². The van der Waals surface area contributed by atoms with Crippen molar-refractivity contribution in [1.29, 1.82) is 0 Å². The zero-order valence-corrected chi connectivity index (χ0v) is 24.7. The van der Waals surface area contributed by atoms with E-state index in [4.69, 9.17) is 9.47 Å². The van der Waals surface area contributed by atoms with E-state index < -0.39 is 6.29 Å². The van der Waals surface area contributed by atoms with Gasteiger partial charge in [0.05, 0.1) is 18.8 Å². The Morgan fingerprint density at radius 3 is 2.27 bits per heavy atom. The van der Waals surface area contributed by atoms with Crippen LogP contribution in [0.25, 0.3) is 0 Å². The van der Waals surface area contributed by atoms with Gasteiger partial charge < -0.3 is 25.2 Å². The van der Waals surface area contributed by atoms with Crippen molar-refractivity contribution in [2.45, 2.75) is 55.8 Å². The van der Waals surface area contributed by atoms with Crippen molar-refractivity contribution in [2.24, 2.45) is 0 Å². The number of nitrogens with zero attached hydrogens (tertiary/aromatic N) is 2. The minimum Gasteiger partial charge on any atom is -0.392 e. The van der Waals surface area contributed by atoms with Crippen LogP contribution in [0, 0.1) is 6.92 Å². The molecule has 0 radical (unpaired) electrons. The Balaban J connectivity index is 1.44. The molecule has 4 atom stereocenters. The second-order valence-corrected chi connectivity index (χ2v) is 12.2. The zero-order valence-electron chi connectivity index (χ0n) is 23.0. The third-order valence-corrected chi connectivity index (χ3v) is 8.95. The molecule has 1 aliphatic heterocycles. The third-order valence-electron chi connectivity index (χ3n) is 6.89. The molecule has 1 aromatic heterocycles. The normalized spacial score (nSPS) is 20.5. The maximum atomic E-state index is 11.8. The van der Waals surface area contributed by atoms with Crippen molar-refractivity contribution in [3.8, 4) is 0 Å². The van der Waals surface area contributed by atoms with Crippen LogP contribution in [-0.4, -0.2) is 39.7 Å². The lowest BCUT2D eigenvalue weighted by Gasteiger charge is -2.43. The van der Waals surface area contributed by atoms with E-state index >= 15 is 0 Å². The largest absolute Gasteiger partial charge is 0.392 e. The first-order chi connectivity index (χ1) is 20.0. The monoisotopic (exact) mass is 590 g/mol. The molecule has 10 heteroatoms. The topological polar surface area (TPSA) is 106 Å². The number of thioether (sulfide) groups is 1. The van der Waals surface area contributed by atoms with E-state index in [9.17, 15) is 9.90 Å². The van der Waals surface area contributed by atoms with Crippen molar-refractivity contribution in [3.05, 3.63) is 112 Å². The summed E-state index contributed by atoms with van der Waals surface area (Å²) < 4.78 is 14.4. The molecule has 41 heavy (non-hydrogen) atoms. The van der Waals surface area contributed by atoms with Crippen molar-refractivity contribution < 1.29 is 19.4 Å². The van der Waals surface area contributed by atoms with Crippen molar-refractivity contribution in [1.82, 2.24) is 20.8 Å². The molecule has 5 rings (SSSR count). The fourth-order valence-electron chi connectivity index (χ4n) is 4.84. The van der Waals surface area contributed by atoms with Gasteiger partial charge in [-0.3, -0.25) is 0 Å². The number of benzene rings is 3. The predicted molar refractivity (Wildman–Crippen MR) is 161 cm³/mol. The molecule has 0 aliphatic carbocycles. The SMILES string of the molecule is CCNC(=O)NCc1ccc(C2OC(CSc3nnc(C)s3)C(c3ccccc3)C(c3ccc(CO)cc3)O2)cc1. The van der Waals surface area contributed by atoms with Crippen LogP contribution in [0.15, 0.2) is 83.2 Å². The number of ether oxygens (including phenoxy) is 2. The van der Waals surface area contributed by atoms with E-state index in [1.165, 1.54) is 0 Å². The molecule has 3 aromatic carbocycles. The quantitative estimate of drug-likeness (QED) is 0.198. The highest BCUT2D eigenvalue weighted by Crippen LogP contribution is 2.48. The Morgan fingerprint density at radius 1 is 0.902 bits per heavy atom. The first-order valence-electron chi connectivity index (χ1n) is 13.6. The maximum absolute atomic E-state index is 11.8. The van der Waals surface area contributed by atoms with Gasteiger partial charge >= 0.3 is 6.03 Å². The van der Waals surface area contributed by atoms with Crippen LogP contribution in [0.1, 0.15) is 58.1 Å². The molecule has 1 saturated heterocycles. The number of nitrogens with one attached hydrogen (secondary N) is 2. The van der Waals surface area contributed by atoms with Gasteiger partial charge in [0.15, 0.2) is 10.6 Å². The summed E-state index contributed by atoms with van der Waals surface area (Å²) >= 11 is 3.23. The van der Waals surface area contributed by atoms with Gasteiger partial charge in [0, 0.05) is 30.3 Å². The number of aryl methyl sites for hydroxylation is 1. The second kappa shape index (κ2) is 14.1. The number of aromatic nitrogens is 2. The smallest absolute Gasteiger partial charge is 0.315 e. The highest BCUT2D eigenvalue weighted by Gasteiger charge is 2.42. The molecular weight excluding hydrogens is 556 g/mol. The molecule has 4 aromatic rings. The van der Waals surface area contributed by atoms with Gasteiger partial charge in [0.25, 0.3) is 0 Å². The van der Waals surface area contributed by atoms with E-state index in [2.05, 4.69) is 33.0 Å². The van der Waals surface area contributed by atoms with E-state index in [0.717, 1.165) is 37.2 Å². The Bertz CT molecular complexity index is 1400. The number of urea groups is 1. The summed E-state index contributed by atoms with van der Waals surface area (Å²) in [4.78, 5) is 11.8. The molecule has 2 amide bonds. The standard InChI is InChI=1S/C31H34N4O4S2/c1-3-32-30(37)33-17-21-9-15-25(16-10-21)29-38-26(19-40-31-35-34-20(2)41-31)27(23-7-5-4-6-8-23)28(39-29)24-13-11-22(18-36)12-14-24/h4-16,26-29,36H,3,17-19H2,1-2H3,(H2,32,33,37). The summed E-state index contributed by atoms with van der Waals surface area (Å²) in [5.74, 6) is 0.600. The van der Waals surface area contributed by atoms with Gasteiger partial charge in [0.2, 0.25) is 0 Å². The van der Waals surface area contributed by atoms with E-state index in [0.29, 0.717) is 18.8 Å². The number of hydrogen-bond donors (Lipinski definition) is 3. The minimum absolute atomic E-state index is 0.0124. The lowest BCUT2D eigenvalue weighted by Crippen LogP contribution is -2.38. The summed E-state index contributed by atoms with van der Waals surface area (Å²) in [6.45, 7) is 4.83. The third kappa shape index (κ3) is 7.52. The van der Waals surface area contributed by atoms with Crippen molar-refractivity contribution in [2.75, 3.05) is 12.3 Å². The molecule has 2 heterocycles. The average molecular weight is 591 g/mol. The molecule has 8 nitrogen and oxygen atoms in total. The van der Waals surface area contributed by atoms with Crippen LogP contribution in [-0.2, 0) is 22.6 Å². The lowest BCUT2D eigenvalue weighted by atomic mass is 9.84. The maximum Gasteiger partial charge on any atom is 0.315 e. The summed E-state index contributed by atoms with van der Waals surface area (Å²) in [6.07, 6.45) is -1.07. The molecule has 0 bridgehead atoms. The molecular formula is C31H34N4O4S2. The predicted octanol–water partition coefficient (Wildman–Crippen LogP) is 5.89. The number of aliphatic hydroxyl groups excluding tert-OH is 1. The number of carbonyl (C=O) groups excluding carboxylic acids is 1. The van der Waals surface area contributed by atoms with Crippen molar-refractivity contribution in [3.63, 3.8) is 0 Å². The Kier molecular flexibility index (Phi) is 10.0. The number of carbonyl (C=O) groups is 1. The van der Waals surface area contributed by atoms with Crippen LogP contribution >= 0.6 is 23.1 Å². The number of amides is 2. The number of aliphatic hydroxyl groups is 1. The van der Waals surface area contributed by atoms with Crippen LogP contribution in [0.4, 0.5) is 4.79 Å². The fourth-order valence-corrected chi connectivity index (χ4v) is 6.75. The van der Waals surface area contributed by atoms with Crippen LogP contribution in [0.5, 0.6) is 0 Å². The van der Waals surface area contributed by atoms with Gasteiger partial charge in [-0.15, -0.1) is 10.2 Å². The first kappa shape index (κ1) is 29.2. The van der Waals surface area contributed by atoms with Crippen molar-refractivity contribution >= 4 is 29.1 Å². The molecule has 1 fully saturated rings. The fraction of sp³-hybridized carbons (Fsp3) is 0.323. The highest BCUT2D eigenvalue weighted by molar-refractivity contribution is 8.01. The summed E-state index contributed by atoms with van der Waals surface area (Å²) in [5, 5.41) is 24.6. The van der Waals surface area contributed by atoms with E-state index in [1.807, 2.05) is 80.6 Å². The zero-order chi connectivity index (χ0) is 28.6. The van der Waals surface area contributed by atoms with Gasteiger partial charge in [-0.2, -0.15) is 0 Å². The lowest BCUT2D eigenvalue weighted by molar-refractivity contribution is -0.255. The molecule has 1 aliphatic rings. The van der Waals surface area contributed by atoms with Gasteiger partial charge in [-0.05, 0) is 36.1 Å². The van der Waals surface area contributed by atoms with E-state index in [1.54, 1.807) is 23.1 Å². The summed E-state index contributed by atoms with van der Waals surface area (Å²) in [6, 6.07) is 26.0. The first-order valence-corrected chi connectivity index (χ1v) is 15.4. The van der Waals surface area contributed by atoms with Gasteiger partial charge in [0.1, 0.15) is 5.01 Å². The Morgan fingerprint density at radius 2 is 1.61 bits per heavy atom. The summed E-state index contributed by atoms with van der Waals surface area (Å²) in [5.41, 5.74) is 4.89. The van der Waals surface area contributed by atoms with Crippen LogP contribution < -0.4 is 10.6 Å². The van der Waals surface area contributed by atoms with Crippen LogP contribution in [0.3, 0.4) is 0 Å². The van der Waals surface area contributed by atoms with Gasteiger partial charge in [-0.1, -0.05) is 102 Å². The molecule has 4 unspecified atom stereocenters. The second-order valence-electron chi connectivity index (χ2n) is 9.75. The highest BCUT2D eigenvalue weighted by atomic mass is 32.2. The Hall–Kier alpha value is -3.28. The summed E-state index contributed by atoms with van der Waals surface area (Å²) in [7, 11) is 0. The molecule has 214 valence electrons. The van der Waals surface area contributed by atoms with E-state index in [-0.39, 0.29) is 30.8 Å². The number of hydrogen-bond acceptors (Lipinski definition) is 8. The molecule has 3 N–H and O–H groups in total. The minimum atomic E-state index is -0.593. The molecule has 0 spiro atoms. The number of rotatable bonds is 10. The average Bonchev–Trinajstić information content (AvgIpc) is 3.44. The Labute approximate surface area is 248 Å². The van der Waals surface area contributed by atoms with Crippen LogP contribution in [0.2, 0.25) is 0 Å².